The third-order valence-electron chi connectivity index (χ3n) is 3.66. The fourth-order valence-electron chi connectivity index (χ4n) is 2.59. The first-order chi connectivity index (χ1) is 10.7. The Balaban J connectivity index is 1.93. The molecule has 1 fully saturated rings. The molecule has 1 heterocycles. The lowest BCUT2D eigenvalue weighted by Crippen LogP contribution is -2.31. The number of ether oxygens (including phenoxy) is 1. The first-order valence-corrected chi connectivity index (χ1v) is 8.07. The van der Waals surface area contributed by atoms with Crippen molar-refractivity contribution < 1.29 is 13.9 Å². The molecule has 0 N–H and O–H groups in total. The van der Waals surface area contributed by atoms with Gasteiger partial charge < -0.3 is 9.64 Å². The molecule has 1 unspecified atom stereocenters. The number of carbonyl (C=O) groups is 1. The summed E-state index contributed by atoms with van der Waals surface area (Å²) in [6.07, 6.45) is 0. The van der Waals surface area contributed by atoms with Crippen LogP contribution in [0, 0.1) is 5.82 Å². The van der Waals surface area contributed by atoms with Crippen molar-refractivity contribution in [3.63, 3.8) is 0 Å². The number of hydrogen-bond donors (Lipinski definition) is 0. The molecule has 1 amide bonds. The fourth-order valence-corrected chi connectivity index (χ4v) is 3.86. The predicted molar refractivity (Wildman–Crippen MR) is 85.6 cm³/mol. The molecule has 1 atom stereocenters. The normalized spacial score (nSPS) is 17.5. The van der Waals surface area contributed by atoms with Gasteiger partial charge in [0.15, 0.2) is 0 Å². The first kappa shape index (κ1) is 14.9. The summed E-state index contributed by atoms with van der Waals surface area (Å²) in [5.41, 5.74) is 1.06. The van der Waals surface area contributed by atoms with Crippen molar-refractivity contribution in [1.29, 1.82) is 0 Å². The van der Waals surface area contributed by atoms with E-state index in [4.69, 9.17) is 4.74 Å². The molecule has 5 heteroatoms. The van der Waals surface area contributed by atoms with E-state index < -0.39 is 0 Å². The van der Waals surface area contributed by atoms with Gasteiger partial charge in [-0.15, -0.1) is 11.8 Å². The summed E-state index contributed by atoms with van der Waals surface area (Å²) in [5, 5.41) is -0.293. The molecule has 0 aliphatic carbocycles. The number of benzene rings is 2. The molecule has 0 radical (unpaired) electrons. The van der Waals surface area contributed by atoms with Gasteiger partial charge in [-0.05, 0) is 18.2 Å². The lowest BCUT2D eigenvalue weighted by molar-refractivity contribution is 0.0755. The van der Waals surface area contributed by atoms with Crippen molar-refractivity contribution in [2.45, 2.75) is 5.37 Å². The second-order valence-corrected chi connectivity index (χ2v) is 6.13. The smallest absolute Gasteiger partial charge is 0.258 e. The Bertz CT molecular complexity index is 692. The number of halogens is 1. The molecule has 114 valence electrons. The van der Waals surface area contributed by atoms with E-state index in [0.29, 0.717) is 23.4 Å². The number of methoxy groups -OCH3 is 1. The zero-order valence-corrected chi connectivity index (χ0v) is 13.0. The lowest BCUT2D eigenvalue weighted by atomic mass is 10.1. The van der Waals surface area contributed by atoms with Gasteiger partial charge in [0, 0.05) is 17.9 Å². The summed E-state index contributed by atoms with van der Waals surface area (Å²) in [5.74, 6) is 0.923. The van der Waals surface area contributed by atoms with Gasteiger partial charge in [0.1, 0.15) is 16.9 Å². The second-order valence-electron chi connectivity index (χ2n) is 4.94. The van der Waals surface area contributed by atoms with Crippen molar-refractivity contribution in [1.82, 2.24) is 4.90 Å². The van der Waals surface area contributed by atoms with Gasteiger partial charge in [0.2, 0.25) is 0 Å². The van der Waals surface area contributed by atoms with Crippen molar-refractivity contribution in [2.75, 3.05) is 19.4 Å². The van der Waals surface area contributed by atoms with Crippen LogP contribution in [0.4, 0.5) is 4.39 Å². The van der Waals surface area contributed by atoms with Crippen LogP contribution in [0.3, 0.4) is 0 Å². The molecule has 1 aliphatic rings. The van der Waals surface area contributed by atoms with Gasteiger partial charge in [-0.1, -0.05) is 30.3 Å². The molecule has 0 bridgehead atoms. The second kappa shape index (κ2) is 6.40. The van der Waals surface area contributed by atoms with Crippen LogP contribution in [0.5, 0.6) is 5.75 Å². The minimum absolute atomic E-state index is 0.129. The van der Waals surface area contributed by atoms with Crippen LogP contribution in [0.2, 0.25) is 0 Å². The van der Waals surface area contributed by atoms with E-state index in [0.717, 1.165) is 5.75 Å². The van der Waals surface area contributed by atoms with Crippen LogP contribution >= 0.6 is 11.8 Å². The van der Waals surface area contributed by atoms with Crippen LogP contribution in [0.15, 0.2) is 48.5 Å². The molecular weight excluding hydrogens is 301 g/mol. The van der Waals surface area contributed by atoms with E-state index >= 15 is 0 Å². The lowest BCUT2D eigenvalue weighted by Gasteiger charge is -2.25. The molecule has 3 nitrogen and oxygen atoms in total. The van der Waals surface area contributed by atoms with Crippen molar-refractivity contribution in [3.8, 4) is 5.75 Å². The largest absolute Gasteiger partial charge is 0.496 e. The summed E-state index contributed by atoms with van der Waals surface area (Å²) in [6.45, 7) is 0.598. The first-order valence-electron chi connectivity index (χ1n) is 7.02. The molecule has 1 aliphatic heterocycles. The minimum Gasteiger partial charge on any atom is -0.496 e. The van der Waals surface area contributed by atoms with E-state index in [1.54, 1.807) is 60.2 Å². The summed E-state index contributed by atoms with van der Waals surface area (Å²) in [7, 11) is 1.54. The summed E-state index contributed by atoms with van der Waals surface area (Å²) in [4.78, 5) is 14.5. The van der Waals surface area contributed by atoms with Gasteiger partial charge in [-0.25, -0.2) is 4.39 Å². The molecule has 2 aromatic carbocycles. The maximum atomic E-state index is 14.1. The molecule has 3 rings (SSSR count). The molecular formula is C17H16FNO2S. The molecule has 1 saturated heterocycles. The molecule has 0 saturated carbocycles. The highest BCUT2D eigenvalue weighted by atomic mass is 32.2. The van der Waals surface area contributed by atoms with Crippen molar-refractivity contribution in [3.05, 3.63) is 65.5 Å². The van der Waals surface area contributed by atoms with Crippen molar-refractivity contribution in [2.24, 2.45) is 0 Å². The average Bonchev–Trinajstić information content (AvgIpc) is 3.04. The zero-order chi connectivity index (χ0) is 15.5. The Labute approximate surface area is 133 Å². The van der Waals surface area contributed by atoms with Gasteiger partial charge in [-0.3, -0.25) is 4.79 Å². The molecule has 22 heavy (non-hydrogen) atoms. The van der Waals surface area contributed by atoms with Crippen LogP contribution < -0.4 is 4.74 Å². The Morgan fingerprint density at radius 2 is 1.95 bits per heavy atom. The zero-order valence-electron chi connectivity index (χ0n) is 12.2. The topological polar surface area (TPSA) is 29.5 Å². The maximum Gasteiger partial charge on any atom is 0.258 e. The maximum absolute atomic E-state index is 14.1. The summed E-state index contributed by atoms with van der Waals surface area (Å²) >= 11 is 1.58. The number of thioether (sulfide) groups is 1. The molecule has 0 spiro atoms. The minimum atomic E-state index is -0.293. The van der Waals surface area contributed by atoms with Crippen molar-refractivity contribution >= 4 is 17.7 Å². The van der Waals surface area contributed by atoms with Gasteiger partial charge in [-0.2, -0.15) is 0 Å². The standard InChI is InChI=1S/C17H16FNO2S/c1-21-15-9-5-3-7-13(15)16(20)19-10-11-22-17(19)12-6-2-4-8-14(12)18/h2-9,17H,10-11H2,1H3. The Hall–Kier alpha value is -2.01. The van der Waals surface area contributed by atoms with Crippen LogP contribution in [-0.4, -0.2) is 30.2 Å². The Morgan fingerprint density at radius 3 is 2.73 bits per heavy atom. The van der Waals surface area contributed by atoms with Gasteiger partial charge in [0.25, 0.3) is 5.91 Å². The number of para-hydroxylation sites is 1. The highest BCUT2D eigenvalue weighted by Gasteiger charge is 2.33. The van der Waals surface area contributed by atoms with E-state index in [2.05, 4.69) is 0 Å². The SMILES string of the molecule is COc1ccccc1C(=O)N1CCSC1c1ccccc1F. The third kappa shape index (κ3) is 2.68. The number of rotatable bonds is 3. The van der Waals surface area contributed by atoms with Gasteiger partial charge >= 0.3 is 0 Å². The number of carbonyl (C=O) groups excluding carboxylic acids is 1. The van der Waals surface area contributed by atoms with E-state index in [-0.39, 0.29) is 17.1 Å². The predicted octanol–water partition coefficient (Wildman–Crippen LogP) is 3.72. The average molecular weight is 317 g/mol. The number of nitrogens with zero attached hydrogens (tertiary/aromatic N) is 1. The monoisotopic (exact) mass is 317 g/mol. The quantitative estimate of drug-likeness (QED) is 0.864. The Morgan fingerprint density at radius 1 is 1.23 bits per heavy atom. The molecule has 0 aromatic heterocycles. The van der Waals surface area contributed by atoms with E-state index in [1.165, 1.54) is 6.07 Å². The van der Waals surface area contributed by atoms with E-state index in [1.807, 2.05) is 6.07 Å². The summed E-state index contributed by atoms with van der Waals surface area (Å²) in [6, 6.07) is 13.7. The third-order valence-corrected chi connectivity index (χ3v) is 4.90. The highest BCUT2D eigenvalue weighted by molar-refractivity contribution is 7.99. The number of amides is 1. The van der Waals surface area contributed by atoms with Crippen LogP contribution in [0.1, 0.15) is 21.3 Å². The van der Waals surface area contributed by atoms with Crippen LogP contribution in [0.25, 0.3) is 0 Å². The number of hydrogen-bond acceptors (Lipinski definition) is 3. The summed E-state index contributed by atoms with van der Waals surface area (Å²) < 4.78 is 19.3. The van der Waals surface area contributed by atoms with Gasteiger partial charge in [0.05, 0.1) is 12.7 Å². The highest BCUT2D eigenvalue weighted by Crippen LogP contribution is 2.40. The Kier molecular flexibility index (Phi) is 4.34. The fraction of sp³-hybridized carbons (Fsp3) is 0.235. The van der Waals surface area contributed by atoms with Crippen LogP contribution in [-0.2, 0) is 0 Å². The molecule has 2 aromatic rings. The van der Waals surface area contributed by atoms with E-state index in [9.17, 15) is 9.18 Å².